The first-order chi connectivity index (χ1) is 11.4. The number of rotatable bonds is 11. The Balaban J connectivity index is 2.51. The summed E-state index contributed by atoms with van der Waals surface area (Å²) in [6.07, 6.45) is 0.759. The summed E-state index contributed by atoms with van der Waals surface area (Å²) in [7, 11) is -3.45. The predicted octanol–water partition coefficient (Wildman–Crippen LogP) is 1.55. The molecule has 0 spiro atoms. The molecule has 0 aliphatic carbocycles. The largest absolute Gasteiger partial charge is 0.491 e. The summed E-state index contributed by atoms with van der Waals surface area (Å²) >= 11 is 0. The van der Waals surface area contributed by atoms with E-state index in [2.05, 4.69) is 4.18 Å². The van der Waals surface area contributed by atoms with Crippen molar-refractivity contribution >= 4 is 16.1 Å². The van der Waals surface area contributed by atoms with Crippen molar-refractivity contribution in [3.63, 3.8) is 0 Å². The number of carbonyl (C=O) groups is 1. The van der Waals surface area contributed by atoms with E-state index >= 15 is 0 Å². The highest BCUT2D eigenvalue weighted by Crippen LogP contribution is 2.15. The second kappa shape index (κ2) is 10.3. The summed E-state index contributed by atoms with van der Waals surface area (Å²) in [6, 6.07) is 7.11. The van der Waals surface area contributed by atoms with Crippen LogP contribution in [-0.2, 0) is 35.0 Å². The van der Waals surface area contributed by atoms with Crippen LogP contribution in [-0.4, -0.2) is 53.2 Å². The van der Waals surface area contributed by atoms with Crippen molar-refractivity contribution in [1.82, 2.24) is 0 Å². The summed E-state index contributed by atoms with van der Waals surface area (Å²) in [5.74, 6) is 0.206. The van der Waals surface area contributed by atoms with Gasteiger partial charge in [-0.3, -0.25) is 4.18 Å². The molecule has 0 saturated heterocycles. The van der Waals surface area contributed by atoms with Crippen molar-refractivity contribution in [3.05, 3.63) is 29.8 Å². The van der Waals surface area contributed by atoms with Crippen LogP contribution in [0.3, 0.4) is 0 Å². The fourth-order valence-electron chi connectivity index (χ4n) is 1.93. The topological polar surface area (TPSA) is 88.1 Å². The Labute approximate surface area is 143 Å². The Morgan fingerprint density at radius 2 is 1.75 bits per heavy atom. The van der Waals surface area contributed by atoms with Crippen LogP contribution in [0.4, 0.5) is 0 Å². The van der Waals surface area contributed by atoms with E-state index in [0.717, 1.165) is 11.8 Å². The van der Waals surface area contributed by atoms with Crippen molar-refractivity contribution < 1.29 is 31.6 Å². The van der Waals surface area contributed by atoms with E-state index in [1.54, 1.807) is 19.1 Å². The summed E-state index contributed by atoms with van der Waals surface area (Å²) in [5, 5.41) is 0. The van der Waals surface area contributed by atoms with Crippen molar-refractivity contribution in [1.29, 1.82) is 0 Å². The van der Waals surface area contributed by atoms with Crippen molar-refractivity contribution in [2.45, 2.75) is 26.4 Å². The monoisotopic (exact) mass is 360 g/mol. The molecular formula is C16H24O7S. The zero-order chi connectivity index (χ0) is 18.0. The van der Waals surface area contributed by atoms with Gasteiger partial charge >= 0.3 is 5.97 Å². The number of esters is 1. The van der Waals surface area contributed by atoms with Crippen LogP contribution in [0.1, 0.15) is 19.4 Å². The maximum absolute atomic E-state index is 11.8. The molecule has 0 aromatic heterocycles. The van der Waals surface area contributed by atoms with Gasteiger partial charge in [0, 0.05) is 13.0 Å². The number of hydrogen-bond acceptors (Lipinski definition) is 7. The van der Waals surface area contributed by atoms with Gasteiger partial charge in [-0.2, -0.15) is 8.42 Å². The van der Waals surface area contributed by atoms with Crippen LogP contribution >= 0.6 is 0 Å². The van der Waals surface area contributed by atoms with Gasteiger partial charge in [0.1, 0.15) is 19.0 Å². The minimum atomic E-state index is -3.45. The van der Waals surface area contributed by atoms with Crippen molar-refractivity contribution in [2.24, 2.45) is 0 Å². The second-order valence-corrected chi connectivity index (χ2v) is 6.56. The van der Waals surface area contributed by atoms with Gasteiger partial charge in [0.2, 0.25) is 0 Å². The minimum absolute atomic E-state index is 0.0458. The maximum atomic E-state index is 11.8. The number of ether oxygens (including phenoxy) is 3. The Kier molecular flexibility index (Phi) is 8.73. The van der Waals surface area contributed by atoms with Crippen LogP contribution < -0.4 is 4.74 Å². The van der Waals surface area contributed by atoms with Gasteiger partial charge < -0.3 is 14.2 Å². The third-order valence-electron chi connectivity index (χ3n) is 2.91. The van der Waals surface area contributed by atoms with Gasteiger partial charge in [-0.1, -0.05) is 12.1 Å². The van der Waals surface area contributed by atoms with Gasteiger partial charge in [-0.15, -0.1) is 0 Å². The first kappa shape index (κ1) is 20.4. The van der Waals surface area contributed by atoms with Gasteiger partial charge in [0.15, 0.2) is 6.10 Å². The van der Waals surface area contributed by atoms with E-state index in [-0.39, 0.29) is 19.2 Å². The second-order valence-electron chi connectivity index (χ2n) is 4.92. The lowest BCUT2D eigenvalue weighted by Crippen LogP contribution is -2.28. The zero-order valence-corrected chi connectivity index (χ0v) is 15.0. The molecule has 1 aromatic rings. The van der Waals surface area contributed by atoms with Gasteiger partial charge in [-0.05, 0) is 31.5 Å². The molecule has 1 atom stereocenters. The smallest absolute Gasteiger partial charge is 0.335 e. The third kappa shape index (κ3) is 8.28. The van der Waals surface area contributed by atoms with E-state index < -0.39 is 16.2 Å². The van der Waals surface area contributed by atoms with E-state index in [0.29, 0.717) is 25.4 Å². The Morgan fingerprint density at radius 1 is 1.08 bits per heavy atom. The van der Waals surface area contributed by atoms with E-state index in [9.17, 15) is 13.2 Å². The molecule has 1 unspecified atom stereocenters. The molecule has 1 aromatic carbocycles. The average molecular weight is 360 g/mol. The molecule has 1 rings (SSSR count). The summed E-state index contributed by atoms with van der Waals surface area (Å²) in [6.45, 7) is 4.38. The van der Waals surface area contributed by atoms with Gasteiger partial charge in [-0.25, -0.2) is 4.79 Å². The first-order valence-electron chi connectivity index (χ1n) is 7.70. The van der Waals surface area contributed by atoms with Crippen LogP contribution in [0.25, 0.3) is 0 Å². The number of carbonyl (C=O) groups excluding carboxylic acids is 1. The highest BCUT2D eigenvalue weighted by Gasteiger charge is 2.20. The maximum Gasteiger partial charge on any atom is 0.335 e. The normalized spacial score (nSPS) is 12.6. The SMILES string of the molecule is CCOC(=O)C(Cc1ccc(OCCOS(C)(=O)=O)cc1)OCC. The van der Waals surface area contributed by atoms with Crippen molar-refractivity contribution in [3.8, 4) is 5.75 Å². The molecule has 7 nitrogen and oxygen atoms in total. The minimum Gasteiger partial charge on any atom is -0.491 e. The fourth-order valence-corrected chi connectivity index (χ4v) is 2.30. The molecule has 0 bridgehead atoms. The highest BCUT2D eigenvalue weighted by molar-refractivity contribution is 7.85. The predicted molar refractivity (Wildman–Crippen MR) is 88.5 cm³/mol. The Hall–Kier alpha value is -1.64. The molecule has 0 N–H and O–H groups in total. The molecule has 0 heterocycles. The molecule has 8 heteroatoms. The lowest BCUT2D eigenvalue weighted by atomic mass is 10.1. The summed E-state index contributed by atoms with van der Waals surface area (Å²) in [4.78, 5) is 11.8. The fraction of sp³-hybridized carbons (Fsp3) is 0.562. The molecule has 24 heavy (non-hydrogen) atoms. The molecule has 0 aliphatic rings. The molecule has 0 fully saturated rings. The Bertz CT molecular complexity index is 595. The first-order valence-corrected chi connectivity index (χ1v) is 9.51. The average Bonchev–Trinajstić information content (AvgIpc) is 2.52. The molecule has 0 radical (unpaired) electrons. The standard InChI is InChI=1S/C16H24O7S/c1-4-20-15(16(17)21-5-2)12-13-6-8-14(9-7-13)22-10-11-23-24(3,18)19/h6-9,15H,4-5,10-12H2,1-3H3. The zero-order valence-electron chi connectivity index (χ0n) is 14.2. The summed E-state index contributed by atoms with van der Waals surface area (Å²) in [5.41, 5.74) is 0.904. The quantitative estimate of drug-likeness (QED) is 0.336. The van der Waals surface area contributed by atoms with Crippen LogP contribution in [0, 0.1) is 0 Å². The van der Waals surface area contributed by atoms with Crippen LogP contribution in [0.5, 0.6) is 5.75 Å². The van der Waals surface area contributed by atoms with Crippen LogP contribution in [0.2, 0.25) is 0 Å². The molecular weight excluding hydrogens is 336 g/mol. The lowest BCUT2D eigenvalue weighted by Gasteiger charge is -2.15. The Morgan fingerprint density at radius 3 is 2.29 bits per heavy atom. The lowest BCUT2D eigenvalue weighted by molar-refractivity contribution is -0.156. The number of benzene rings is 1. The van der Waals surface area contributed by atoms with E-state index in [1.807, 2.05) is 19.1 Å². The van der Waals surface area contributed by atoms with Crippen LogP contribution in [0.15, 0.2) is 24.3 Å². The van der Waals surface area contributed by atoms with E-state index in [4.69, 9.17) is 14.2 Å². The molecule has 0 aliphatic heterocycles. The highest BCUT2D eigenvalue weighted by atomic mass is 32.2. The van der Waals surface area contributed by atoms with E-state index in [1.165, 1.54) is 0 Å². The summed E-state index contributed by atoms with van der Waals surface area (Å²) < 4.78 is 42.0. The van der Waals surface area contributed by atoms with Gasteiger partial charge in [0.05, 0.1) is 12.9 Å². The third-order valence-corrected chi connectivity index (χ3v) is 3.51. The molecule has 136 valence electrons. The van der Waals surface area contributed by atoms with Crippen molar-refractivity contribution in [2.75, 3.05) is 32.7 Å². The van der Waals surface area contributed by atoms with Gasteiger partial charge in [0.25, 0.3) is 10.1 Å². The molecule has 0 amide bonds. The molecule has 0 saturated carbocycles. The number of hydrogen-bond donors (Lipinski definition) is 0.